The van der Waals surface area contributed by atoms with Crippen molar-refractivity contribution in [1.29, 1.82) is 0 Å². The fourth-order valence-corrected chi connectivity index (χ4v) is 9.22. The second kappa shape index (κ2) is 17.1. The van der Waals surface area contributed by atoms with E-state index in [1.807, 2.05) is 0 Å². The van der Waals surface area contributed by atoms with Gasteiger partial charge < -0.3 is 10.2 Å². The quantitative estimate of drug-likeness (QED) is 0.148. The van der Waals surface area contributed by atoms with Crippen LogP contribution in [0.15, 0.2) is 261 Å². The fraction of sp³-hybridized carbons (Fsp3) is 0. The number of nitrogens with one attached hydrogen (secondary N) is 1. The van der Waals surface area contributed by atoms with Crippen LogP contribution < -0.4 is 10.2 Å². The topological polar surface area (TPSA) is 15.3 Å². The number of para-hydroxylation sites is 2. The predicted octanol–water partition coefficient (Wildman–Crippen LogP) is 17.5. The monoisotopic (exact) mass is 816 g/mol. The summed E-state index contributed by atoms with van der Waals surface area (Å²) in [4.78, 5) is 2.40. The molecule has 0 aliphatic heterocycles. The lowest BCUT2D eigenvalue weighted by molar-refractivity contribution is 1.28. The van der Waals surface area contributed by atoms with E-state index in [0.717, 1.165) is 50.7 Å². The summed E-state index contributed by atoms with van der Waals surface area (Å²) in [6.45, 7) is 0. The molecule has 11 aromatic carbocycles. The minimum absolute atomic E-state index is 1.06. The van der Waals surface area contributed by atoms with Gasteiger partial charge in [0, 0.05) is 39.3 Å². The first-order valence-electron chi connectivity index (χ1n) is 21.9. The van der Waals surface area contributed by atoms with Crippen molar-refractivity contribution in [2.45, 2.75) is 0 Å². The first kappa shape index (κ1) is 38.5. The minimum atomic E-state index is 1.06. The third-order valence-electron chi connectivity index (χ3n) is 12.3. The highest BCUT2D eigenvalue weighted by atomic mass is 15.1. The molecule has 0 aliphatic rings. The summed E-state index contributed by atoms with van der Waals surface area (Å²) in [5, 5.41) is 8.91. The van der Waals surface area contributed by atoms with Gasteiger partial charge in [-0.1, -0.05) is 224 Å². The molecular weight excluding hydrogens is 773 g/mol. The van der Waals surface area contributed by atoms with E-state index in [4.69, 9.17) is 0 Å². The Kier molecular flexibility index (Phi) is 10.3. The van der Waals surface area contributed by atoms with Crippen LogP contribution in [0.1, 0.15) is 0 Å². The molecule has 2 heteroatoms. The van der Waals surface area contributed by atoms with E-state index in [9.17, 15) is 0 Å². The molecule has 64 heavy (non-hydrogen) atoms. The molecule has 0 saturated heterocycles. The molecule has 1 N–H and O–H groups in total. The molecule has 0 bridgehead atoms. The number of fused-ring (bicyclic) bond motifs is 2. The van der Waals surface area contributed by atoms with Crippen molar-refractivity contribution in [3.05, 3.63) is 261 Å². The zero-order chi connectivity index (χ0) is 42.7. The van der Waals surface area contributed by atoms with E-state index in [0.29, 0.717) is 0 Å². The lowest BCUT2D eigenvalue weighted by Gasteiger charge is -2.28. The number of nitrogens with zero attached hydrogens (tertiary/aromatic N) is 1. The first-order chi connectivity index (χ1) is 31.8. The molecule has 2 nitrogen and oxygen atoms in total. The summed E-state index contributed by atoms with van der Waals surface area (Å²) in [5.41, 5.74) is 17.0. The Labute approximate surface area is 375 Å². The Hall–Kier alpha value is -8.46. The second-order valence-electron chi connectivity index (χ2n) is 16.1. The maximum absolute atomic E-state index is 4.03. The van der Waals surface area contributed by atoms with Crippen LogP contribution in [-0.4, -0.2) is 0 Å². The van der Waals surface area contributed by atoms with E-state index in [1.54, 1.807) is 0 Å². The molecule has 11 rings (SSSR count). The zero-order valence-electron chi connectivity index (χ0n) is 35.3. The lowest BCUT2D eigenvalue weighted by Crippen LogP contribution is -2.11. The minimum Gasteiger partial charge on any atom is -0.354 e. The maximum Gasteiger partial charge on any atom is 0.0543 e. The molecule has 0 spiro atoms. The van der Waals surface area contributed by atoms with Gasteiger partial charge in [0.2, 0.25) is 0 Å². The molecule has 0 unspecified atom stereocenters. The average Bonchev–Trinajstić information content (AvgIpc) is 3.37. The molecule has 11 aromatic rings. The average molecular weight is 817 g/mol. The van der Waals surface area contributed by atoms with Gasteiger partial charge in [-0.25, -0.2) is 0 Å². The van der Waals surface area contributed by atoms with Crippen LogP contribution in [0.5, 0.6) is 0 Å². The van der Waals surface area contributed by atoms with Gasteiger partial charge >= 0.3 is 0 Å². The Morgan fingerprint density at radius 2 is 0.703 bits per heavy atom. The van der Waals surface area contributed by atoms with Gasteiger partial charge in [-0.05, 0) is 91.3 Å². The van der Waals surface area contributed by atoms with Gasteiger partial charge in [-0.2, -0.15) is 0 Å². The smallest absolute Gasteiger partial charge is 0.0543 e. The zero-order valence-corrected chi connectivity index (χ0v) is 35.3. The number of rotatable bonds is 10. The second-order valence-corrected chi connectivity index (χ2v) is 16.1. The molecule has 0 radical (unpaired) electrons. The van der Waals surface area contributed by atoms with Gasteiger partial charge in [-0.3, -0.25) is 0 Å². The van der Waals surface area contributed by atoms with Crippen molar-refractivity contribution in [3.63, 3.8) is 0 Å². The Morgan fingerprint density at radius 1 is 0.266 bits per heavy atom. The normalized spacial score (nSPS) is 11.1. The van der Waals surface area contributed by atoms with E-state index in [2.05, 4.69) is 271 Å². The van der Waals surface area contributed by atoms with Crippen molar-refractivity contribution in [1.82, 2.24) is 0 Å². The van der Waals surface area contributed by atoms with Gasteiger partial charge in [0.05, 0.1) is 11.4 Å². The van der Waals surface area contributed by atoms with Gasteiger partial charge in [0.1, 0.15) is 0 Å². The van der Waals surface area contributed by atoms with Crippen LogP contribution in [0.4, 0.5) is 28.4 Å². The molecule has 0 aromatic heterocycles. The SMILES string of the molecule is c1ccc(-c2ccc(N(c3ccc(-c4cccc(-c5ccccc5)c4Nc4ccc5ccccc5c4-c4ccccc4)cc3)c3ccccc3-c3cccc4ccccc34)cc2)cc1. The van der Waals surface area contributed by atoms with Gasteiger partial charge in [0.15, 0.2) is 0 Å². The van der Waals surface area contributed by atoms with E-state index in [1.165, 1.54) is 54.9 Å². The molecule has 0 fully saturated rings. The first-order valence-corrected chi connectivity index (χ1v) is 21.9. The van der Waals surface area contributed by atoms with Crippen molar-refractivity contribution >= 4 is 50.0 Å². The maximum atomic E-state index is 4.03. The van der Waals surface area contributed by atoms with Crippen LogP contribution >= 0.6 is 0 Å². The summed E-state index contributed by atoms with van der Waals surface area (Å²) in [5.74, 6) is 0. The fourth-order valence-electron chi connectivity index (χ4n) is 9.22. The van der Waals surface area contributed by atoms with Gasteiger partial charge in [0.25, 0.3) is 0 Å². The summed E-state index contributed by atoms with van der Waals surface area (Å²) < 4.78 is 0. The Bertz CT molecular complexity index is 3370. The molecule has 0 atom stereocenters. The third kappa shape index (κ3) is 7.38. The van der Waals surface area contributed by atoms with E-state index in [-0.39, 0.29) is 0 Å². The van der Waals surface area contributed by atoms with Gasteiger partial charge in [-0.15, -0.1) is 0 Å². The highest BCUT2D eigenvalue weighted by Crippen LogP contribution is 2.46. The van der Waals surface area contributed by atoms with Crippen LogP contribution in [0.25, 0.3) is 77.2 Å². The largest absolute Gasteiger partial charge is 0.354 e. The van der Waals surface area contributed by atoms with Crippen LogP contribution in [0.3, 0.4) is 0 Å². The number of hydrogen-bond donors (Lipinski definition) is 1. The molecule has 0 aliphatic carbocycles. The summed E-state index contributed by atoms with van der Waals surface area (Å²) in [6.07, 6.45) is 0. The van der Waals surface area contributed by atoms with Crippen molar-refractivity contribution in [2.24, 2.45) is 0 Å². The summed E-state index contributed by atoms with van der Waals surface area (Å²) in [6, 6.07) is 93.9. The highest BCUT2D eigenvalue weighted by Gasteiger charge is 2.20. The lowest BCUT2D eigenvalue weighted by atomic mass is 9.93. The third-order valence-corrected chi connectivity index (χ3v) is 12.3. The van der Waals surface area contributed by atoms with Crippen LogP contribution in [-0.2, 0) is 0 Å². The number of anilines is 5. The van der Waals surface area contributed by atoms with Crippen molar-refractivity contribution in [2.75, 3.05) is 10.2 Å². The molecular formula is C62H44N2. The predicted molar refractivity (Wildman–Crippen MR) is 273 cm³/mol. The number of hydrogen-bond acceptors (Lipinski definition) is 2. The summed E-state index contributed by atoms with van der Waals surface area (Å²) in [7, 11) is 0. The molecule has 302 valence electrons. The molecule has 0 heterocycles. The van der Waals surface area contributed by atoms with Crippen molar-refractivity contribution < 1.29 is 0 Å². The summed E-state index contributed by atoms with van der Waals surface area (Å²) >= 11 is 0. The Morgan fingerprint density at radius 3 is 1.38 bits per heavy atom. The Balaban J connectivity index is 1.06. The molecule has 0 amide bonds. The van der Waals surface area contributed by atoms with Crippen LogP contribution in [0, 0.1) is 0 Å². The van der Waals surface area contributed by atoms with Crippen LogP contribution in [0.2, 0.25) is 0 Å². The van der Waals surface area contributed by atoms with E-state index >= 15 is 0 Å². The van der Waals surface area contributed by atoms with E-state index < -0.39 is 0 Å². The highest BCUT2D eigenvalue weighted by molar-refractivity contribution is 6.06. The number of benzene rings is 11. The van der Waals surface area contributed by atoms with Crippen molar-refractivity contribution in [3.8, 4) is 55.6 Å². The molecule has 0 saturated carbocycles. The standard InChI is InChI=1S/C62H44N2/c1-4-18-44(19-5-1)45-34-39-51(40-35-45)64(60-33-15-14-29-58(60)57-32-16-26-46-22-10-12-27-53(46)57)52-41-36-49(37-42-52)56-31-17-30-55(47-20-6-2-7-21-47)62(56)63-59-43-38-48-23-11-13-28-54(48)61(59)50-24-8-3-9-25-50/h1-43,63H.